The predicted molar refractivity (Wildman–Crippen MR) is 128 cm³/mol. The number of hydrogen-bond acceptors (Lipinski definition) is 7. The number of anilines is 3. The molecular weight excluding hydrogens is 460 g/mol. The first-order valence-corrected chi connectivity index (χ1v) is 12.2. The standard InChI is InChI=1S/C23H28N4O6S/c1-16(28)24-18-7-9-19(10-8-18)34(31,32)26(2)15-22(29)25-20-14-17(23(30)33-3)6-11-21(20)27-12-4-5-13-27/h6-11,14H,4-5,12-13,15H2,1-3H3,(H,24,28)(H,25,29). The van der Waals surface area contributed by atoms with Crippen LogP contribution in [0.4, 0.5) is 17.1 Å². The van der Waals surface area contributed by atoms with Crippen molar-refractivity contribution in [3.05, 3.63) is 48.0 Å². The summed E-state index contributed by atoms with van der Waals surface area (Å²) < 4.78 is 31.5. The molecule has 0 saturated carbocycles. The molecule has 1 heterocycles. The van der Waals surface area contributed by atoms with Gasteiger partial charge >= 0.3 is 5.97 Å². The number of carbonyl (C=O) groups excluding carboxylic acids is 3. The molecule has 0 radical (unpaired) electrons. The Kier molecular flexibility index (Phi) is 7.90. The molecule has 0 aliphatic carbocycles. The van der Waals surface area contributed by atoms with Gasteiger partial charge in [0.15, 0.2) is 0 Å². The Morgan fingerprint density at radius 1 is 1.03 bits per heavy atom. The number of hydrogen-bond donors (Lipinski definition) is 2. The maximum atomic E-state index is 12.9. The summed E-state index contributed by atoms with van der Waals surface area (Å²) in [7, 11) is -1.36. The van der Waals surface area contributed by atoms with Gasteiger partial charge in [0.1, 0.15) is 0 Å². The summed E-state index contributed by atoms with van der Waals surface area (Å²) in [5.74, 6) is -1.36. The molecule has 11 heteroatoms. The first kappa shape index (κ1) is 25.2. The second-order valence-corrected chi connectivity index (χ2v) is 9.98. The molecule has 3 rings (SSSR count). The van der Waals surface area contributed by atoms with Gasteiger partial charge in [0, 0.05) is 32.7 Å². The van der Waals surface area contributed by atoms with Crippen molar-refractivity contribution in [2.45, 2.75) is 24.7 Å². The fourth-order valence-corrected chi connectivity index (χ4v) is 4.81. The zero-order chi connectivity index (χ0) is 24.9. The molecular formula is C23H28N4O6S. The fourth-order valence-electron chi connectivity index (χ4n) is 3.69. The van der Waals surface area contributed by atoms with Gasteiger partial charge in [-0.1, -0.05) is 0 Å². The van der Waals surface area contributed by atoms with Gasteiger partial charge in [-0.2, -0.15) is 4.31 Å². The van der Waals surface area contributed by atoms with Gasteiger partial charge < -0.3 is 20.3 Å². The van der Waals surface area contributed by atoms with Gasteiger partial charge in [-0.15, -0.1) is 0 Å². The molecule has 1 aliphatic rings. The van der Waals surface area contributed by atoms with Gasteiger partial charge in [0.05, 0.1) is 35.5 Å². The molecule has 1 aliphatic heterocycles. The summed E-state index contributed by atoms with van der Waals surface area (Å²) in [6, 6.07) is 10.6. The third kappa shape index (κ3) is 5.91. The summed E-state index contributed by atoms with van der Waals surface area (Å²) in [6.45, 7) is 2.57. The monoisotopic (exact) mass is 488 g/mol. The van der Waals surface area contributed by atoms with Crippen LogP contribution in [0.15, 0.2) is 47.4 Å². The van der Waals surface area contributed by atoms with Crippen molar-refractivity contribution < 1.29 is 27.5 Å². The molecule has 0 spiro atoms. The van der Waals surface area contributed by atoms with Crippen molar-refractivity contribution >= 4 is 44.9 Å². The molecule has 0 atom stereocenters. The first-order valence-electron chi connectivity index (χ1n) is 10.7. The average Bonchev–Trinajstić information content (AvgIpc) is 3.33. The number of likely N-dealkylation sites (N-methyl/N-ethyl adjacent to an activating group) is 1. The van der Waals surface area contributed by atoms with Gasteiger partial charge in [0.25, 0.3) is 0 Å². The van der Waals surface area contributed by atoms with Crippen LogP contribution < -0.4 is 15.5 Å². The molecule has 1 fully saturated rings. The summed E-state index contributed by atoms with van der Waals surface area (Å²) in [6.07, 6.45) is 2.04. The van der Waals surface area contributed by atoms with Gasteiger partial charge in [0.2, 0.25) is 21.8 Å². The van der Waals surface area contributed by atoms with E-state index in [1.807, 2.05) is 0 Å². The number of nitrogens with zero attached hydrogens (tertiary/aromatic N) is 2. The lowest BCUT2D eigenvalue weighted by Gasteiger charge is -2.23. The van der Waals surface area contributed by atoms with E-state index in [2.05, 4.69) is 15.5 Å². The minimum atomic E-state index is -3.95. The Labute approximate surface area is 198 Å². The molecule has 0 unspecified atom stereocenters. The van der Waals surface area contributed by atoms with Crippen LogP contribution in [0.3, 0.4) is 0 Å². The van der Waals surface area contributed by atoms with E-state index >= 15 is 0 Å². The maximum Gasteiger partial charge on any atom is 0.337 e. The lowest BCUT2D eigenvalue weighted by Crippen LogP contribution is -2.35. The molecule has 1 saturated heterocycles. The van der Waals surface area contributed by atoms with Crippen LogP contribution in [0.2, 0.25) is 0 Å². The van der Waals surface area contributed by atoms with E-state index in [4.69, 9.17) is 4.74 Å². The average molecular weight is 489 g/mol. The van der Waals surface area contributed by atoms with Crippen molar-refractivity contribution in [2.24, 2.45) is 0 Å². The van der Waals surface area contributed by atoms with Crippen LogP contribution in [0.25, 0.3) is 0 Å². The lowest BCUT2D eigenvalue weighted by molar-refractivity contribution is -0.116. The molecule has 10 nitrogen and oxygen atoms in total. The molecule has 2 aromatic rings. The Morgan fingerprint density at radius 2 is 1.68 bits per heavy atom. The highest BCUT2D eigenvalue weighted by atomic mass is 32.2. The topological polar surface area (TPSA) is 125 Å². The summed E-state index contributed by atoms with van der Waals surface area (Å²) in [5, 5.41) is 5.32. The van der Waals surface area contributed by atoms with E-state index in [9.17, 15) is 22.8 Å². The van der Waals surface area contributed by atoms with Gasteiger partial charge in [-0.3, -0.25) is 9.59 Å². The second-order valence-electron chi connectivity index (χ2n) is 7.93. The second kappa shape index (κ2) is 10.7. The van der Waals surface area contributed by atoms with E-state index in [-0.39, 0.29) is 16.4 Å². The number of methoxy groups -OCH3 is 1. The van der Waals surface area contributed by atoms with Crippen LogP contribution in [-0.4, -0.2) is 64.3 Å². The Balaban J connectivity index is 1.76. The van der Waals surface area contributed by atoms with Crippen LogP contribution in [0, 0.1) is 0 Å². The largest absolute Gasteiger partial charge is 0.465 e. The Bertz CT molecular complexity index is 1170. The van der Waals surface area contributed by atoms with Crippen LogP contribution in [-0.2, 0) is 24.3 Å². The quantitative estimate of drug-likeness (QED) is 0.546. The number of sulfonamides is 1. The highest BCUT2D eigenvalue weighted by Gasteiger charge is 2.24. The van der Waals surface area contributed by atoms with Crippen LogP contribution in [0.5, 0.6) is 0 Å². The summed E-state index contributed by atoms with van der Waals surface area (Å²) in [4.78, 5) is 38.0. The Morgan fingerprint density at radius 3 is 2.26 bits per heavy atom. The van der Waals surface area contributed by atoms with E-state index in [1.54, 1.807) is 12.1 Å². The van der Waals surface area contributed by atoms with E-state index < -0.39 is 28.4 Å². The van der Waals surface area contributed by atoms with Crippen LogP contribution in [0.1, 0.15) is 30.1 Å². The molecule has 2 amide bonds. The van der Waals surface area contributed by atoms with Crippen LogP contribution >= 0.6 is 0 Å². The number of esters is 1. The zero-order valence-electron chi connectivity index (χ0n) is 19.3. The van der Waals surface area contributed by atoms with Crippen molar-refractivity contribution in [1.82, 2.24) is 4.31 Å². The highest BCUT2D eigenvalue weighted by Crippen LogP contribution is 2.30. The fraction of sp³-hybridized carbons (Fsp3) is 0.348. The minimum absolute atomic E-state index is 0.0117. The zero-order valence-corrected chi connectivity index (χ0v) is 20.1. The highest BCUT2D eigenvalue weighted by molar-refractivity contribution is 7.89. The smallest absolute Gasteiger partial charge is 0.337 e. The van der Waals surface area contributed by atoms with Crippen molar-refractivity contribution in [1.29, 1.82) is 0 Å². The summed E-state index contributed by atoms with van der Waals surface area (Å²) in [5.41, 5.74) is 1.92. The molecule has 182 valence electrons. The number of nitrogens with one attached hydrogen (secondary N) is 2. The maximum absolute atomic E-state index is 12.9. The molecule has 34 heavy (non-hydrogen) atoms. The lowest BCUT2D eigenvalue weighted by atomic mass is 10.1. The van der Waals surface area contributed by atoms with Gasteiger partial charge in [-0.25, -0.2) is 13.2 Å². The number of amides is 2. The molecule has 2 aromatic carbocycles. The number of carbonyl (C=O) groups is 3. The molecule has 2 N–H and O–H groups in total. The SMILES string of the molecule is COC(=O)c1ccc(N2CCCC2)c(NC(=O)CN(C)S(=O)(=O)c2ccc(NC(C)=O)cc2)c1. The third-order valence-corrected chi connectivity index (χ3v) is 7.21. The molecule has 0 aromatic heterocycles. The number of benzene rings is 2. The van der Waals surface area contributed by atoms with Crippen molar-refractivity contribution in [3.63, 3.8) is 0 Å². The first-order chi connectivity index (χ1) is 16.1. The van der Waals surface area contributed by atoms with E-state index in [0.29, 0.717) is 11.4 Å². The third-order valence-electron chi connectivity index (χ3n) is 5.39. The van der Waals surface area contributed by atoms with E-state index in [0.717, 1.165) is 35.9 Å². The van der Waals surface area contributed by atoms with Crippen molar-refractivity contribution in [3.8, 4) is 0 Å². The van der Waals surface area contributed by atoms with E-state index in [1.165, 1.54) is 51.4 Å². The van der Waals surface area contributed by atoms with Crippen molar-refractivity contribution in [2.75, 3.05) is 49.3 Å². The van der Waals surface area contributed by atoms with Gasteiger partial charge in [-0.05, 0) is 55.3 Å². The summed E-state index contributed by atoms with van der Waals surface area (Å²) >= 11 is 0. The minimum Gasteiger partial charge on any atom is -0.465 e. The Hall–Kier alpha value is -3.44. The number of rotatable bonds is 8. The normalized spacial score (nSPS) is 13.6. The number of ether oxygens (including phenoxy) is 1. The predicted octanol–water partition coefficient (Wildman–Crippen LogP) is 2.29. The molecule has 0 bridgehead atoms.